The number of amides is 1. The van der Waals surface area contributed by atoms with Gasteiger partial charge in [0.15, 0.2) is 0 Å². The van der Waals surface area contributed by atoms with Crippen LogP contribution in [0.2, 0.25) is 0 Å². The summed E-state index contributed by atoms with van der Waals surface area (Å²) in [6, 6.07) is 2.72. The van der Waals surface area contributed by atoms with E-state index < -0.39 is 6.10 Å². The largest absolute Gasteiger partial charge is 0.392 e. The molecule has 1 atom stereocenters. The van der Waals surface area contributed by atoms with Crippen molar-refractivity contribution in [2.45, 2.75) is 39.3 Å². The van der Waals surface area contributed by atoms with E-state index in [2.05, 4.69) is 10.4 Å². The van der Waals surface area contributed by atoms with Crippen LogP contribution in [-0.2, 0) is 6.54 Å². The smallest absolute Gasteiger partial charge is 0.271 e. The molecule has 0 radical (unpaired) electrons. The molecule has 0 unspecified atom stereocenters. The average Bonchev–Trinajstić information content (AvgIpc) is 2.35. The zero-order valence-electron chi connectivity index (χ0n) is 10.7. The predicted octanol–water partition coefficient (Wildman–Crippen LogP) is 0.154. The summed E-state index contributed by atoms with van der Waals surface area (Å²) in [5, 5.41) is 15.6. The zero-order valence-corrected chi connectivity index (χ0v) is 10.7. The van der Waals surface area contributed by atoms with Crippen LogP contribution in [0.3, 0.4) is 0 Å². The molecule has 0 spiro atoms. The second-order valence-corrected chi connectivity index (χ2v) is 4.19. The molecule has 6 nitrogen and oxygen atoms in total. The Bertz CT molecular complexity index is 454. The van der Waals surface area contributed by atoms with Crippen LogP contribution in [0.25, 0.3) is 0 Å². The van der Waals surface area contributed by atoms with E-state index in [-0.39, 0.29) is 23.7 Å². The number of nitrogens with one attached hydrogen (secondary N) is 1. The second-order valence-electron chi connectivity index (χ2n) is 4.19. The third kappa shape index (κ3) is 4.29. The second kappa shape index (κ2) is 6.90. The van der Waals surface area contributed by atoms with E-state index in [4.69, 9.17) is 5.11 Å². The molecular weight excluding hydrogens is 234 g/mol. The van der Waals surface area contributed by atoms with Crippen LogP contribution in [0, 0.1) is 0 Å². The monoisotopic (exact) mass is 253 g/mol. The van der Waals surface area contributed by atoms with Crippen LogP contribution >= 0.6 is 0 Å². The molecule has 1 rings (SSSR count). The van der Waals surface area contributed by atoms with Crippen LogP contribution < -0.4 is 10.9 Å². The summed E-state index contributed by atoms with van der Waals surface area (Å²) in [5.41, 5.74) is -0.0260. The minimum absolute atomic E-state index is 0.161. The molecule has 100 valence electrons. The van der Waals surface area contributed by atoms with Gasteiger partial charge >= 0.3 is 0 Å². The number of aryl methyl sites for hydroxylation is 1. The van der Waals surface area contributed by atoms with Crippen molar-refractivity contribution in [1.29, 1.82) is 0 Å². The Labute approximate surface area is 106 Å². The summed E-state index contributed by atoms with van der Waals surface area (Å²) in [4.78, 5) is 23.2. The number of nitrogens with zero attached hydrogens (tertiary/aromatic N) is 2. The highest BCUT2D eigenvalue weighted by Gasteiger charge is 2.09. The number of carbonyl (C=O) groups is 1. The lowest BCUT2D eigenvalue weighted by Gasteiger charge is -2.08. The standard InChI is InChI=1S/C12H19N3O3/c1-3-4-7-15-11(17)6-5-10(14-15)12(18)13-8-9(2)16/h5-6,9,16H,3-4,7-8H2,1-2H3,(H,13,18)/t9-/m0/s1. The number of hydrogen-bond donors (Lipinski definition) is 2. The zero-order chi connectivity index (χ0) is 13.5. The van der Waals surface area contributed by atoms with Gasteiger partial charge in [0.25, 0.3) is 11.5 Å². The minimum Gasteiger partial charge on any atom is -0.392 e. The molecule has 2 N–H and O–H groups in total. The molecule has 0 fully saturated rings. The molecule has 1 heterocycles. The fraction of sp³-hybridized carbons (Fsp3) is 0.583. The highest BCUT2D eigenvalue weighted by Crippen LogP contribution is 1.94. The number of aromatic nitrogens is 2. The van der Waals surface area contributed by atoms with Crippen LogP contribution in [0.1, 0.15) is 37.2 Å². The van der Waals surface area contributed by atoms with Crippen LogP contribution in [0.15, 0.2) is 16.9 Å². The summed E-state index contributed by atoms with van der Waals surface area (Å²) in [6.07, 6.45) is 1.18. The quantitative estimate of drug-likeness (QED) is 0.756. The normalized spacial score (nSPS) is 12.2. The summed E-state index contributed by atoms with van der Waals surface area (Å²) in [7, 11) is 0. The van der Waals surface area contributed by atoms with E-state index >= 15 is 0 Å². The average molecular weight is 253 g/mol. The van der Waals surface area contributed by atoms with Crippen molar-refractivity contribution >= 4 is 5.91 Å². The van der Waals surface area contributed by atoms with Crippen molar-refractivity contribution in [3.8, 4) is 0 Å². The first-order valence-electron chi connectivity index (χ1n) is 6.09. The maximum atomic E-state index is 11.7. The highest BCUT2D eigenvalue weighted by atomic mass is 16.3. The van der Waals surface area contributed by atoms with E-state index in [0.29, 0.717) is 6.54 Å². The van der Waals surface area contributed by atoms with Gasteiger partial charge in [-0.2, -0.15) is 5.10 Å². The first kappa shape index (κ1) is 14.4. The summed E-state index contributed by atoms with van der Waals surface area (Å²) in [6.45, 7) is 4.27. The fourth-order valence-electron chi connectivity index (χ4n) is 1.37. The van der Waals surface area contributed by atoms with Gasteiger partial charge in [0.05, 0.1) is 6.10 Å². The van der Waals surface area contributed by atoms with Gasteiger partial charge in [-0.15, -0.1) is 0 Å². The Morgan fingerprint density at radius 1 is 1.56 bits per heavy atom. The molecule has 1 aromatic heterocycles. The van der Waals surface area contributed by atoms with Gasteiger partial charge in [-0.1, -0.05) is 13.3 Å². The molecule has 0 bridgehead atoms. The Hall–Kier alpha value is -1.69. The number of unbranched alkanes of at least 4 members (excludes halogenated alkanes) is 1. The Morgan fingerprint density at radius 2 is 2.28 bits per heavy atom. The predicted molar refractivity (Wildman–Crippen MR) is 67.4 cm³/mol. The lowest BCUT2D eigenvalue weighted by Crippen LogP contribution is -2.33. The first-order valence-corrected chi connectivity index (χ1v) is 6.09. The molecule has 18 heavy (non-hydrogen) atoms. The molecular formula is C12H19N3O3. The Balaban J connectivity index is 2.77. The van der Waals surface area contributed by atoms with Crippen LogP contribution in [0.5, 0.6) is 0 Å². The van der Waals surface area contributed by atoms with Gasteiger partial charge < -0.3 is 10.4 Å². The molecule has 1 aromatic rings. The van der Waals surface area contributed by atoms with Gasteiger partial charge in [-0.25, -0.2) is 4.68 Å². The van der Waals surface area contributed by atoms with Crippen molar-refractivity contribution in [3.63, 3.8) is 0 Å². The van der Waals surface area contributed by atoms with Gasteiger partial charge in [-0.3, -0.25) is 9.59 Å². The summed E-state index contributed by atoms with van der Waals surface area (Å²) >= 11 is 0. The molecule has 1 amide bonds. The van der Waals surface area contributed by atoms with Crippen molar-refractivity contribution < 1.29 is 9.90 Å². The number of aliphatic hydroxyl groups excluding tert-OH is 1. The number of carbonyl (C=O) groups excluding carboxylic acids is 1. The topological polar surface area (TPSA) is 84.2 Å². The van der Waals surface area contributed by atoms with Crippen LogP contribution in [-0.4, -0.2) is 33.4 Å². The fourth-order valence-corrected chi connectivity index (χ4v) is 1.37. The summed E-state index contributed by atoms with van der Waals surface area (Å²) in [5.74, 6) is -0.388. The van der Waals surface area contributed by atoms with E-state index in [1.54, 1.807) is 6.92 Å². The maximum absolute atomic E-state index is 11.7. The highest BCUT2D eigenvalue weighted by molar-refractivity contribution is 5.91. The lowest BCUT2D eigenvalue weighted by molar-refractivity contribution is 0.0916. The Morgan fingerprint density at radius 3 is 2.89 bits per heavy atom. The van der Waals surface area contributed by atoms with Gasteiger partial charge in [0.1, 0.15) is 5.69 Å². The lowest BCUT2D eigenvalue weighted by atomic mass is 10.3. The first-order chi connectivity index (χ1) is 8.54. The molecule has 0 saturated carbocycles. The summed E-state index contributed by atoms with van der Waals surface area (Å²) < 4.78 is 1.29. The van der Waals surface area contributed by atoms with Gasteiger partial charge in [-0.05, 0) is 19.4 Å². The maximum Gasteiger partial charge on any atom is 0.271 e. The van der Waals surface area contributed by atoms with E-state index in [9.17, 15) is 9.59 Å². The van der Waals surface area contributed by atoms with E-state index in [1.807, 2.05) is 6.92 Å². The molecule has 0 aliphatic heterocycles. The Kier molecular flexibility index (Phi) is 5.51. The SMILES string of the molecule is CCCCn1nc(C(=O)NC[C@H](C)O)ccc1=O. The van der Waals surface area contributed by atoms with Crippen molar-refractivity contribution in [2.75, 3.05) is 6.54 Å². The third-order valence-corrected chi connectivity index (χ3v) is 2.38. The molecule has 0 aliphatic rings. The molecule has 0 aromatic carbocycles. The van der Waals surface area contributed by atoms with Gasteiger partial charge in [0, 0.05) is 19.2 Å². The van der Waals surface area contributed by atoms with Crippen molar-refractivity contribution in [1.82, 2.24) is 15.1 Å². The van der Waals surface area contributed by atoms with E-state index in [0.717, 1.165) is 12.8 Å². The van der Waals surface area contributed by atoms with E-state index in [1.165, 1.54) is 16.8 Å². The van der Waals surface area contributed by atoms with Crippen LogP contribution in [0.4, 0.5) is 0 Å². The molecule has 0 saturated heterocycles. The van der Waals surface area contributed by atoms with Gasteiger partial charge in [0.2, 0.25) is 0 Å². The number of aliphatic hydroxyl groups is 1. The molecule has 0 aliphatic carbocycles. The number of hydrogen-bond acceptors (Lipinski definition) is 4. The minimum atomic E-state index is -0.611. The number of rotatable bonds is 6. The van der Waals surface area contributed by atoms with Crippen molar-refractivity contribution in [3.05, 3.63) is 28.2 Å². The van der Waals surface area contributed by atoms with Crippen molar-refractivity contribution in [2.24, 2.45) is 0 Å². The molecule has 6 heteroatoms. The third-order valence-electron chi connectivity index (χ3n) is 2.38.